The second kappa shape index (κ2) is 8.95. The number of rotatable bonds is 4. The molecule has 2 fully saturated rings. The lowest BCUT2D eigenvalue weighted by atomic mass is 10.2. The van der Waals surface area contributed by atoms with Gasteiger partial charge in [0.2, 0.25) is 5.13 Å². The molecule has 5 rings (SSSR count). The largest absolute Gasteiger partial charge is 0.304 e. The molecule has 0 aromatic carbocycles. The maximum absolute atomic E-state index is 4.67. The first kappa shape index (κ1) is 19.3. The second-order valence-electron chi connectivity index (χ2n) is 6.74. The van der Waals surface area contributed by atoms with E-state index < -0.39 is 0 Å². The van der Waals surface area contributed by atoms with Crippen LogP contribution in [0.3, 0.4) is 0 Å². The van der Waals surface area contributed by atoms with Crippen molar-refractivity contribution in [1.82, 2.24) is 30.6 Å². The van der Waals surface area contributed by atoms with Crippen LogP contribution in [0.25, 0.3) is 22.0 Å². The van der Waals surface area contributed by atoms with Gasteiger partial charge in [-0.3, -0.25) is 0 Å². The van der Waals surface area contributed by atoms with Gasteiger partial charge in [-0.25, -0.2) is 24.9 Å². The fourth-order valence-electron chi connectivity index (χ4n) is 2.81. The summed E-state index contributed by atoms with van der Waals surface area (Å²) in [5.41, 5.74) is 3.68. The second-order valence-corrected chi connectivity index (χ2v) is 8.44. The molecule has 0 radical (unpaired) electrons. The molecule has 2 N–H and O–H groups in total. The highest BCUT2D eigenvalue weighted by molar-refractivity contribution is 7.14. The molecule has 28 heavy (non-hydrogen) atoms. The molecule has 9 heteroatoms. The highest BCUT2D eigenvalue weighted by Gasteiger charge is 2.27. The predicted octanol–water partition coefficient (Wildman–Crippen LogP) is 3.77. The van der Waals surface area contributed by atoms with Crippen molar-refractivity contribution in [1.29, 1.82) is 0 Å². The third-order valence-corrected chi connectivity index (χ3v) is 6.17. The van der Waals surface area contributed by atoms with Crippen LogP contribution in [0.5, 0.6) is 0 Å². The average Bonchev–Trinajstić information content (AvgIpc) is 3.28. The van der Waals surface area contributed by atoms with Crippen LogP contribution in [0.4, 0.5) is 5.13 Å². The van der Waals surface area contributed by atoms with Crippen molar-refractivity contribution in [3.8, 4) is 22.0 Å². The molecule has 1 aliphatic carbocycles. The molecular weight excluding hydrogens is 390 g/mol. The van der Waals surface area contributed by atoms with E-state index in [1.165, 1.54) is 43.7 Å². The van der Waals surface area contributed by atoms with Crippen molar-refractivity contribution in [2.75, 3.05) is 19.8 Å². The number of nitrogens with one attached hydrogen (secondary N) is 2. The first-order valence-electron chi connectivity index (χ1n) is 9.38. The van der Waals surface area contributed by atoms with E-state index in [1.54, 1.807) is 11.3 Å². The Labute approximate surface area is 172 Å². The van der Waals surface area contributed by atoms with E-state index in [9.17, 15) is 0 Å². The summed E-state index contributed by atoms with van der Waals surface area (Å²) in [5.74, 6) is 1.54. The normalized spacial score (nSPS) is 16.3. The van der Waals surface area contributed by atoms with Crippen molar-refractivity contribution in [3.05, 3.63) is 28.5 Å². The Morgan fingerprint density at radius 2 is 1.82 bits per heavy atom. The number of aromatic nitrogens is 4. The smallest absolute Gasteiger partial charge is 0.209 e. The molecule has 2 aliphatic rings. The van der Waals surface area contributed by atoms with Gasteiger partial charge in [0.25, 0.3) is 0 Å². The van der Waals surface area contributed by atoms with Gasteiger partial charge in [-0.05, 0) is 46.0 Å². The van der Waals surface area contributed by atoms with Gasteiger partial charge in [0.05, 0.1) is 11.3 Å². The number of thiazole rings is 2. The van der Waals surface area contributed by atoms with E-state index in [4.69, 9.17) is 0 Å². The van der Waals surface area contributed by atoms with Crippen LogP contribution >= 0.6 is 22.7 Å². The third kappa shape index (κ3) is 4.67. The van der Waals surface area contributed by atoms with Crippen molar-refractivity contribution >= 4 is 34.5 Å². The molecule has 146 valence electrons. The van der Waals surface area contributed by atoms with E-state index in [0.717, 1.165) is 40.1 Å². The molecule has 0 atom stereocenters. The summed E-state index contributed by atoms with van der Waals surface area (Å²) in [6, 6.07) is 0. The third-order valence-electron chi connectivity index (χ3n) is 4.52. The first-order chi connectivity index (χ1) is 13.7. The summed E-state index contributed by atoms with van der Waals surface area (Å²) in [5, 5.41) is 11.9. The highest BCUT2D eigenvalue weighted by atomic mass is 32.1. The van der Waals surface area contributed by atoms with E-state index >= 15 is 0 Å². The maximum atomic E-state index is 4.67. The van der Waals surface area contributed by atoms with E-state index in [-0.39, 0.29) is 0 Å². The number of hydrogen-bond acceptors (Lipinski definition) is 9. The van der Waals surface area contributed by atoms with E-state index in [1.807, 2.05) is 23.9 Å². The lowest BCUT2D eigenvalue weighted by molar-refractivity contribution is 0.496. The summed E-state index contributed by atoms with van der Waals surface area (Å²) in [4.78, 5) is 22.0. The molecule has 0 amide bonds. The lowest BCUT2D eigenvalue weighted by Crippen LogP contribution is -2.37. The minimum absolute atomic E-state index is 0.569. The summed E-state index contributed by atoms with van der Waals surface area (Å²) in [7, 11) is 0. The highest BCUT2D eigenvalue weighted by Crippen LogP contribution is 2.39. The van der Waals surface area contributed by atoms with Crippen LogP contribution in [0.1, 0.15) is 36.7 Å². The number of nitrogens with zero attached hydrogens (tertiary/aromatic N) is 5. The monoisotopic (exact) mass is 413 g/mol. The Balaban J connectivity index is 0.000000275. The Morgan fingerprint density at radius 3 is 2.39 bits per heavy atom. The van der Waals surface area contributed by atoms with Crippen LogP contribution in [0, 0.1) is 6.92 Å². The maximum Gasteiger partial charge on any atom is 0.209 e. The van der Waals surface area contributed by atoms with Gasteiger partial charge in [-0.1, -0.05) is 0 Å². The van der Waals surface area contributed by atoms with Crippen LogP contribution in [-0.4, -0.2) is 46.4 Å². The summed E-state index contributed by atoms with van der Waals surface area (Å²) in [6.07, 6.45) is 5.60. The predicted molar refractivity (Wildman–Crippen MR) is 116 cm³/mol. The molecule has 3 aromatic rings. The van der Waals surface area contributed by atoms with Crippen molar-refractivity contribution in [3.63, 3.8) is 0 Å². The Bertz CT molecular complexity index is 930. The van der Waals surface area contributed by atoms with E-state index in [0.29, 0.717) is 11.0 Å². The Morgan fingerprint density at radius 1 is 1.07 bits per heavy atom. The standard InChI is InChI=1S/C15H13N5S2.C4H10N2/c1-8-10(5-17-13(18-8)9-3-4-9)14-19-11(6-21-14)12-7-22-15(16-2)20-12;1-2-5-4-6-3-1/h5-7,9H,2-4H2,1H3;5-6H,1-4H2. The zero-order chi connectivity index (χ0) is 19.3. The SMILES string of the molecule is C1CNCNC1.C=Nc1nc(-c2csc(-c3cnc(C4CC4)nc3C)n2)cs1. The molecule has 0 spiro atoms. The van der Waals surface area contributed by atoms with Gasteiger partial charge in [0.1, 0.15) is 22.2 Å². The molecule has 3 aromatic heterocycles. The quantitative estimate of drug-likeness (QED) is 0.633. The van der Waals surface area contributed by atoms with Gasteiger partial charge in [0.15, 0.2) is 0 Å². The van der Waals surface area contributed by atoms with Gasteiger partial charge in [-0.2, -0.15) is 0 Å². The minimum atomic E-state index is 0.569. The molecule has 0 bridgehead atoms. The first-order valence-corrected chi connectivity index (χ1v) is 11.1. The van der Waals surface area contributed by atoms with Crippen LogP contribution in [0.15, 0.2) is 21.9 Å². The van der Waals surface area contributed by atoms with Crippen molar-refractivity contribution < 1.29 is 0 Å². The van der Waals surface area contributed by atoms with E-state index in [2.05, 4.69) is 42.3 Å². The number of hydrogen-bond donors (Lipinski definition) is 2. The fraction of sp³-hybridized carbons (Fsp3) is 0.421. The lowest BCUT2D eigenvalue weighted by Gasteiger charge is -2.11. The van der Waals surface area contributed by atoms with Gasteiger partial charge < -0.3 is 10.6 Å². The van der Waals surface area contributed by atoms with Crippen LogP contribution in [-0.2, 0) is 0 Å². The van der Waals surface area contributed by atoms with Crippen LogP contribution in [0.2, 0.25) is 0 Å². The van der Waals surface area contributed by atoms with Crippen molar-refractivity contribution in [2.24, 2.45) is 4.99 Å². The molecule has 1 aliphatic heterocycles. The fourth-order valence-corrected chi connectivity index (χ4v) is 4.30. The molecule has 1 saturated heterocycles. The van der Waals surface area contributed by atoms with Gasteiger partial charge in [0, 0.05) is 29.5 Å². The minimum Gasteiger partial charge on any atom is -0.304 e. The molecule has 4 heterocycles. The topological polar surface area (TPSA) is 88.0 Å². The van der Waals surface area contributed by atoms with Gasteiger partial charge in [-0.15, -0.1) is 22.7 Å². The summed E-state index contributed by atoms with van der Waals surface area (Å²) >= 11 is 3.05. The zero-order valence-corrected chi connectivity index (χ0v) is 17.4. The summed E-state index contributed by atoms with van der Waals surface area (Å²) in [6.45, 7) is 8.89. The molecule has 0 unspecified atom stereocenters. The summed E-state index contributed by atoms with van der Waals surface area (Å²) < 4.78 is 0. The number of aryl methyl sites for hydroxylation is 1. The van der Waals surface area contributed by atoms with Gasteiger partial charge >= 0.3 is 0 Å². The Kier molecular flexibility index (Phi) is 6.16. The average molecular weight is 414 g/mol. The zero-order valence-electron chi connectivity index (χ0n) is 15.8. The number of aliphatic imine (C=N–C) groups is 1. The molecule has 7 nitrogen and oxygen atoms in total. The van der Waals surface area contributed by atoms with Crippen molar-refractivity contribution in [2.45, 2.75) is 32.1 Å². The van der Waals surface area contributed by atoms with Crippen LogP contribution < -0.4 is 10.6 Å². The molecular formula is C19H23N7S2. The Hall–Kier alpha value is -2.07. The molecule has 1 saturated carbocycles.